The fourth-order valence-electron chi connectivity index (χ4n) is 4.32. The van der Waals surface area contributed by atoms with Gasteiger partial charge in [-0.25, -0.2) is 4.98 Å². The van der Waals surface area contributed by atoms with Crippen molar-refractivity contribution < 1.29 is 19.4 Å². The fourth-order valence-corrected chi connectivity index (χ4v) is 4.32. The number of hydrogen-bond donors (Lipinski definition) is 0. The summed E-state index contributed by atoms with van der Waals surface area (Å²) in [6.07, 6.45) is 1.59. The first-order valence-electron chi connectivity index (χ1n) is 10.5. The molecule has 0 bridgehead atoms. The van der Waals surface area contributed by atoms with Crippen LogP contribution in [0.1, 0.15) is 60.5 Å². The number of carbonyl (C=O) groups is 2. The zero-order chi connectivity index (χ0) is 22.1. The summed E-state index contributed by atoms with van der Waals surface area (Å²) < 4.78 is 7.56. The van der Waals surface area contributed by atoms with Crippen LogP contribution in [-0.2, 0) is 9.53 Å². The number of carboxylic acid groups (broad SMARTS) is 1. The van der Waals surface area contributed by atoms with Gasteiger partial charge in [-0.1, -0.05) is 18.2 Å². The first-order valence-corrected chi connectivity index (χ1v) is 10.5. The number of nitrogens with zero attached hydrogens (tertiary/aromatic N) is 3. The van der Waals surface area contributed by atoms with Crippen molar-refractivity contribution in [3.63, 3.8) is 0 Å². The van der Waals surface area contributed by atoms with E-state index in [1.54, 1.807) is 26.2 Å². The lowest BCUT2D eigenvalue weighted by Crippen LogP contribution is -2.36. The van der Waals surface area contributed by atoms with Crippen molar-refractivity contribution in [1.29, 1.82) is 0 Å². The zero-order valence-electron chi connectivity index (χ0n) is 18.0. The van der Waals surface area contributed by atoms with Gasteiger partial charge in [0.15, 0.2) is 0 Å². The highest BCUT2D eigenvalue weighted by Crippen LogP contribution is 2.32. The summed E-state index contributed by atoms with van der Waals surface area (Å²) in [7, 11) is 1.63. The van der Waals surface area contributed by atoms with E-state index in [9.17, 15) is 14.7 Å². The molecular weight excluding hydrogens is 394 g/mol. The average molecular weight is 420 g/mol. The summed E-state index contributed by atoms with van der Waals surface area (Å²) in [5.74, 6) is -0.00206. The van der Waals surface area contributed by atoms with Gasteiger partial charge in [-0.3, -0.25) is 9.36 Å². The molecule has 2 heterocycles. The number of likely N-dealkylation sites (tertiary alicyclic amines) is 1. The number of amides is 1. The van der Waals surface area contributed by atoms with Crippen LogP contribution in [0.15, 0.2) is 42.5 Å². The highest BCUT2D eigenvalue weighted by molar-refractivity contribution is 5.91. The van der Waals surface area contributed by atoms with Crippen molar-refractivity contribution in [1.82, 2.24) is 14.5 Å². The summed E-state index contributed by atoms with van der Waals surface area (Å²) in [5.41, 5.74) is 3.67. The summed E-state index contributed by atoms with van der Waals surface area (Å²) in [5, 5.41) is 11.3. The van der Waals surface area contributed by atoms with Crippen LogP contribution in [0.4, 0.5) is 0 Å². The minimum Gasteiger partial charge on any atom is -0.545 e. The Morgan fingerprint density at radius 2 is 1.90 bits per heavy atom. The molecule has 0 spiro atoms. The molecule has 7 heteroatoms. The van der Waals surface area contributed by atoms with E-state index < -0.39 is 5.97 Å². The van der Waals surface area contributed by atoms with Crippen LogP contribution in [0.25, 0.3) is 16.7 Å². The van der Waals surface area contributed by atoms with Gasteiger partial charge in [0.1, 0.15) is 11.9 Å². The Balaban J connectivity index is 1.75. The molecule has 31 heavy (non-hydrogen) atoms. The summed E-state index contributed by atoms with van der Waals surface area (Å²) in [4.78, 5) is 29.5. The lowest BCUT2D eigenvalue weighted by Gasteiger charge is -2.31. The molecule has 162 valence electrons. The predicted octanol–water partition coefficient (Wildman–Crippen LogP) is 2.82. The second-order valence-electron chi connectivity index (χ2n) is 8.05. The Morgan fingerprint density at radius 3 is 2.55 bits per heavy atom. The Hall–Kier alpha value is -3.19. The van der Waals surface area contributed by atoms with E-state index in [0.717, 1.165) is 37.1 Å². The van der Waals surface area contributed by atoms with Crippen molar-refractivity contribution in [3.8, 4) is 5.69 Å². The molecule has 2 aromatic carbocycles. The van der Waals surface area contributed by atoms with Gasteiger partial charge in [0.2, 0.25) is 5.91 Å². The van der Waals surface area contributed by atoms with Gasteiger partial charge in [0.25, 0.3) is 0 Å². The number of rotatable bonds is 5. The first-order chi connectivity index (χ1) is 14.9. The van der Waals surface area contributed by atoms with Gasteiger partial charge < -0.3 is 19.5 Å². The number of aromatic nitrogens is 2. The fraction of sp³-hybridized carbons (Fsp3) is 0.375. The maximum Gasteiger partial charge on any atom is 0.219 e. The Morgan fingerprint density at radius 1 is 1.16 bits per heavy atom. The maximum absolute atomic E-state index is 11.6. The topological polar surface area (TPSA) is 87.5 Å². The molecule has 0 N–H and O–H groups in total. The van der Waals surface area contributed by atoms with Crippen LogP contribution in [0.5, 0.6) is 0 Å². The average Bonchev–Trinajstić information content (AvgIpc) is 3.17. The SMILES string of the molecule is COC(C)c1nc2cc(C(=O)[O-])ccc2n1-c1cccc(C2CCN(C(C)=O)CC2)c1. The molecule has 0 aliphatic carbocycles. The number of ether oxygens (including phenoxy) is 1. The van der Waals surface area contributed by atoms with Crippen LogP contribution < -0.4 is 5.11 Å². The predicted molar refractivity (Wildman–Crippen MR) is 115 cm³/mol. The molecule has 1 fully saturated rings. The highest BCUT2D eigenvalue weighted by atomic mass is 16.5. The van der Waals surface area contributed by atoms with Gasteiger partial charge in [-0.2, -0.15) is 0 Å². The maximum atomic E-state index is 11.6. The molecule has 1 amide bonds. The zero-order valence-corrected chi connectivity index (χ0v) is 18.0. The molecule has 4 rings (SSSR count). The normalized spacial score (nSPS) is 15.9. The number of benzene rings is 2. The van der Waals surface area contributed by atoms with Crippen LogP contribution in [0, 0.1) is 0 Å². The molecule has 7 nitrogen and oxygen atoms in total. The van der Waals surface area contributed by atoms with Crippen LogP contribution in [-0.4, -0.2) is 46.5 Å². The Bertz CT molecular complexity index is 1130. The number of imidazole rings is 1. The summed E-state index contributed by atoms with van der Waals surface area (Å²) in [6.45, 7) is 5.08. The minimum absolute atomic E-state index is 0.0970. The van der Waals surface area contributed by atoms with E-state index in [4.69, 9.17) is 4.74 Å². The molecule has 1 aromatic heterocycles. The van der Waals surface area contributed by atoms with Crippen LogP contribution in [0.2, 0.25) is 0 Å². The Kier molecular flexibility index (Phi) is 5.78. The lowest BCUT2D eigenvalue weighted by molar-refractivity contribution is -0.255. The van der Waals surface area contributed by atoms with Gasteiger partial charge in [0.05, 0.1) is 17.0 Å². The second-order valence-corrected chi connectivity index (χ2v) is 8.05. The van der Waals surface area contributed by atoms with Gasteiger partial charge >= 0.3 is 0 Å². The van der Waals surface area contributed by atoms with E-state index in [1.165, 1.54) is 11.6 Å². The lowest BCUT2D eigenvalue weighted by atomic mass is 9.89. The number of piperidine rings is 1. The van der Waals surface area contributed by atoms with Crippen molar-refractivity contribution >= 4 is 22.9 Å². The van der Waals surface area contributed by atoms with E-state index in [0.29, 0.717) is 17.3 Å². The largest absolute Gasteiger partial charge is 0.545 e. The van der Waals surface area contributed by atoms with Crippen molar-refractivity contribution in [2.75, 3.05) is 20.2 Å². The number of fused-ring (bicyclic) bond motifs is 1. The van der Waals surface area contributed by atoms with Crippen molar-refractivity contribution in [3.05, 3.63) is 59.4 Å². The second kappa shape index (κ2) is 8.51. The molecule has 0 radical (unpaired) electrons. The van der Waals surface area contributed by atoms with Crippen LogP contribution in [0.3, 0.4) is 0 Å². The van der Waals surface area contributed by atoms with E-state index >= 15 is 0 Å². The molecule has 1 aliphatic rings. The number of methoxy groups -OCH3 is 1. The first kappa shape index (κ1) is 21.1. The number of carbonyl (C=O) groups excluding carboxylic acids is 2. The smallest absolute Gasteiger partial charge is 0.219 e. The summed E-state index contributed by atoms with van der Waals surface area (Å²) >= 11 is 0. The van der Waals surface area contributed by atoms with Gasteiger partial charge in [0, 0.05) is 32.8 Å². The van der Waals surface area contributed by atoms with Crippen LogP contribution >= 0.6 is 0 Å². The third kappa shape index (κ3) is 4.05. The third-order valence-corrected chi connectivity index (χ3v) is 6.17. The quantitative estimate of drug-likeness (QED) is 0.633. The molecule has 3 aromatic rings. The van der Waals surface area contributed by atoms with Gasteiger partial charge in [-0.05, 0) is 61.1 Å². The number of carboxylic acids is 1. The Labute approximate surface area is 181 Å². The number of hydrogen-bond acceptors (Lipinski definition) is 5. The summed E-state index contributed by atoms with van der Waals surface area (Å²) in [6, 6.07) is 13.2. The molecule has 0 saturated carbocycles. The molecule has 1 atom stereocenters. The molecule has 1 aliphatic heterocycles. The molecular formula is C24H26N3O4-. The van der Waals surface area contributed by atoms with E-state index in [2.05, 4.69) is 17.1 Å². The molecule has 1 unspecified atom stereocenters. The standard InChI is InChI=1S/C24H27N3O4/c1-15(31-3)23-25-21-14-19(24(29)30)7-8-22(21)27(23)20-6-4-5-18(13-20)17-9-11-26(12-10-17)16(2)28/h4-8,13-15,17H,9-12H2,1-3H3,(H,29,30)/p-1. The third-order valence-electron chi connectivity index (χ3n) is 6.17. The monoisotopic (exact) mass is 420 g/mol. The highest BCUT2D eigenvalue weighted by Gasteiger charge is 2.23. The minimum atomic E-state index is -1.23. The van der Waals surface area contributed by atoms with E-state index in [1.807, 2.05) is 28.5 Å². The number of aromatic carboxylic acids is 1. The van der Waals surface area contributed by atoms with Crippen molar-refractivity contribution in [2.45, 2.75) is 38.7 Å². The van der Waals surface area contributed by atoms with Crippen molar-refractivity contribution in [2.24, 2.45) is 0 Å². The van der Waals surface area contributed by atoms with E-state index in [-0.39, 0.29) is 17.6 Å². The van der Waals surface area contributed by atoms with Gasteiger partial charge in [-0.15, -0.1) is 0 Å². The molecule has 1 saturated heterocycles.